The van der Waals surface area contributed by atoms with Gasteiger partial charge in [0.05, 0.1) is 12.3 Å². The Balaban J connectivity index is 2.76. The van der Waals surface area contributed by atoms with Gasteiger partial charge >= 0.3 is 5.97 Å². The fourth-order valence-electron chi connectivity index (χ4n) is 2.97. The SMILES string of the molecule is CCC(C)C(=O)N1CCCC(C(=O)NC(C)(CC(=O)O)C(C)C)C1. The third-order valence-electron chi connectivity index (χ3n) is 5.34. The highest BCUT2D eigenvalue weighted by molar-refractivity contribution is 5.83. The highest BCUT2D eigenvalue weighted by Crippen LogP contribution is 2.24. The second-order valence-corrected chi connectivity index (χ2v) is 7.56. The number of likely N-dealkylation sites (tertiary alicyclic amines) is 1. The van der Waals surface area contributed by atoms with Gasteiger partial charge in [0.15, 0.2) is 0 Å². The standard InChI is InChI=1S/C18H32N2O4/c1-6-13(4)17(24)20-9-7-8-14(11-20)16(23)19-18(5,12(2)3)10-15(21)22/h12-14H,6-11H2,1-5H3,(H,19,23)(H,21,22). The molecule has 0 radical (unpaired) electrons. The molecule has 0 aromatic heterocycles. The molecule has 0 aliphatic carbocycles. The predicted molar refractivity (Wildman–Crippen MR) is 92.4 cm³/mol. The van der Waals surface area contributed by atoms with Gasteiger partial charge in [-0.2, -0.15) is 0 Å². The molecular formula is C18H32N2O4. The zero-order valence-electron chi connectivity index (χ0n) is 15.6. The molecule has 0 spiro atoms. The fourth-order valence-corrected chi connectivity index (χ4v) is 2.97. The second-order valence-electron chi connectivity index (χ2n) is 7.56. The van der Waals surface area contributed by atoms with Crippen LogP contribution >= 0.6 is 0 Å². The van der Waals surface area contributed by atoms with Gasteiger partial charge < -0.3 is 15.3 Å². The molecule has 1 aliphatic rings. The van der Waals surface area contributed by atoms with Crippen LogP contribution in [0.15, 0.2) is 0 Å². The van der Waals surface area contributed by atoms with Crippen molar-refractivity contribution in [2.45, 2.75) is 65.8 Å². The third-order valence-corrected chi connectivity index (χ3v) is 5.34. The molecule has 1 rings (SSSR count). The zero-order chi connectivity index (χ0) is 18.5. The van der Waals surface area contributed by atoms with E-state index < -0.39 is 11.5 Å². The first-order valence-electron chi connectivity index (χ1n) is 8.93. The number of hydrogen-bond acceptors (Lipinski definition) is 3. The van der Waals surface area contributed by atoms with Gasteiger partial charge in [-0.3, -0.25) is 14.4 Å². The van der Waals surface area contributed by atoms with Crippen molar-refractivity contribution >= 4 is 17.8 Å². The number of nitrogens with one attached hydrogen (secondary N) is 1. The maximum atomic E-state index is 12.7. The summed E-state index contributed by atoms with van der Waals surface area (Å²) in [4.78, 5) is 37.9. The number of piperidine rings is 1. The minimum Gasteiger partial charge on any atom is -0.481 e. The summed E-state index contributed by atoms with van der Waals surface area (Å²) in [6.45, 7) is 10.6. The molecule has 1 aliphatic heterocycles. The van der Waals surface area contributed by atoms with Crippen LogP contribution in [0.3, 0.4) is 0 Å². The molecule has 1 heterocycles. The smallest absolute Gasteiger partial charge is 0.305 e. The van der Waals surface area contributed by atoms with Crippen molar-refractivity contribution in [3.8, 4) is 0 Å². The Morgan fingerprint density at radius 2 is 1.92 bits per heavy atom. The molecule has 0 bridgehead atoms. The molecule has 0 aromatic rings. The van der Waals surface area contributed by atoms with Gasteiger partial charge in [0.25, 0.3) is 0 Å². The number of carboxylic acid groups (broad SMARTS) is 1. The number of carboxylic acids is 1. The van der Waals surface area contributed by atoms with Gasteiger partial charge in [-0.1, -0.05) is 27.7 Å². The van der Waals surface area contributed by atoms with Crippen molar-refractivity contribution in [1.82, 2.24) is 10.2 Å². The first-order chi connectivity index (χ1) is 11.1. The minimum absolute atomic E-state index is 0.000936. The van der Waals surface area contributed by atoms with Crippen LogP contribution in [0.4, 0.5) is 0 Å². The fraction of sp³-hybridized carbons (Fsp3) is 0.833. The van der Waals surface area contributed by atoms with Gasteiger partial charge in [0, 0.05) is 24.5 Å². The monoisotopic (exact) mass is 340 g/mol. The van der Waals surface area contributed by atoms with E-state index in [0.717, 1.165) is 19.3 Å². The number of nitrogens with zero attached hydrogens (tertiary/aromatic N) is 1. The van der Waals surface area contributed by atoms with Gasteiger partial charge in [0.1, 0.15) is 0 Å². The molecule has 6 heteroatoms. The number of amides is 2. The molecule has 6 nitrogen and oxygen atoms in total. The van der Waals surface area contributed by atoms with Gasteiger partial charge in [-0.25, -0.2) is 0 Å². The largest absolute Gasteiger partial charge is 0.481 e. The summed E-state index contributed by atoms with van der Waals surface area (Å²) in [5.41, 5.74) is -0.786. The summed E-state index contributed by atoms with van der Waals surface area (Å²) >= 11 is 0. The molecule has 24 heavy (non-hydrogen) atoms. The van der Waals surface area contributed by atoms with Crippen LogP contribution in [-0.2, 0) is 14.4 Å². The van der Waals surface area contributed by atoms with E-state index >= 15 is 0 Å². The lowest BCUT2D eigenvalue weighted by atomic mass is 9.84. The van der Waals surface area contributed by atoms with Crippen LogP contribution in [0, 0.1) is 17.8 Å². The average molecular weight is 340 g/mol. The first-order valence-corrected chi connectivity index (χ1v) is 8.93. The molecule has 1 fully saturated rings. The maximum Gasteiger partial charge on any atom is 0.305 e. The first kappa shape index (κ1) is 20.5. The van der Waals surface area contributed by atoms with E-state index in [1.54, 1.807) is 11.8 Å². The lowest BCUT2D eigenvalue weighted by Gasteiger charge is -2.38. The summed E-state index contributed by atoms with van der Waals surface area (Å²) in [6.07, 6.45) is 2.21. The van der Waals surface area contributed by atoms with Crippen LogP contribution in [0.5, 0.6) is 0 Å². The minimum atomic E-state index is -0.927. The second kappa shape index (κ2) is 8.49. The van der Waals surface area contributed by atoms with E-state index in [9.17, 15) is 14.4 Å². The number of hydrogen-bond donors (Lipinski definition) is 2. The predicted octanol–water partition coefficient (Wildman–Crippen LogP) is 2.28. The van der Waals surface area contributed by atoms with E-state index in [4.69, 9.17) is 5.11 Å². The molecule has 1 saturated heterocycles. The Morgan fingerprint density at radius 1 is 1.29 bits per heavy atom. The Hall–Kier alpha value is -1.59. The Bertz CT molecular complexity index is 478. The molecule has 138 valence electrons. The topological polar surface area (TPSA) is 86.7 Å². The molecule has 3 unspecified atom stereocenters. The van der Waals surface area contributed by atoms with E-state index in [1.165, 1.54) is 0 Å². The van der Waals surface area contributed by atoms with Crippen molar-refractivity contribution in [1.29, 1.82) is 0 Å². The molecule has 0 saturated carbocycles. The van der Waals surface area contributed by atoms with E-state index in [2.05, 4.69) is 5.32 Å². The third kappa shape index (κ3) is 5.21. The van der Waals surface area contributed by atoms with Crippen LogP contribution in [0.25, 0.3) is 0 Å². The highest BCUT2D eigenvalue weighted by atomic mass is 16.4. The molecule has 0 aromatic carbocycles. The average Bonchev–Trinajstić information content (AvgIpc) is 2.52. The molecule has 3 atom stereocenters. The number of aliphatic carboxylic acids is 1. The van der Waals surface area contributed by atoms with Crippen LogP contribution in [-0.4, -0.2) is 46.4 Å². The Morgan fingerprint density at radius 3 is 2.42 bits per heavy atom. The van der Waals surface area contributed by atoms with Crippen molar-refractivity contribution in [2.24, 2.45) is 17.8 Å². The maximum absolute atomic E-state index is 12.7. The summed E-state index contributed by atoms with van der Waals surface area (Å²) in [6, 6.07) is 0. The highest BCUT2D eigenvalue weighted by Gasteiger charge is 2.36. The lowest BCUT2D eigenvalue weighted by molar-refractivity contribution is -0.140. The molecule has 2 N–H and O–H groups in total. The summed E-state index contributed by atoms with van der Waals surface area (Å²) in [5, 5.41) is 12.1. The van der Waals surface area contributed by atoms with E-state index in [1.807, 2.05) is 27.7 Å². The molecule has 2 amide bonds. The number of rotatable bonds is 7. The van der Waals surface area contributed by atoms with Crippen molar-refractivity contribution in [3.05, 3.63) is 0 Å². The van der Waals surface area contributed by atoms with Gasteiger partial charge in [-0.05, 0) is 32.1 Å². The normalized spacial score (nSPS) is 21.9. The molecular weight excluding hydrogens is 308 g/mol. The summed E-state index contributed by atoms with van der Waals surface area (Å²) in [7, 11) is 0. The van der Waals surface area contributed by atoms with Crippen molar-refractivity contribution < 1.29 is 19.5 Å². The van der Waals surface area contributed by atoms with Crippen LogP contribution < -0.4 is 5.32 Å². The van der Waals surface area contributed by atoms with Crippen molar-refractivity contribution in [3.63, 3.8) is 0 Å². The van der Waals surface area contributed by atoms with Crippen molar-refractivity contribution in [2.75, 3.05) is 13.1 Å². The van der Waals surface area contributed by atoms with E-state index in [0.29, 0.717) is 13.1 Å². The van der Waals surface area contributed by atoms with Crippen LogP contribution in [0.1, 0.15) is 60.3 Å². The van der Waals surface area contributed by atoms with Gasteiger partial charge in [-0.15, -0.1) is 0 Å². The zero-order valence-corrected chi connectivity index (χ0v) is 15.6. The Kier molecular flexibility index (Phi) is 7.24. The van der Waals surface area contributed by atoms with E-state index in [-0.39, 0.29) is 36.0 Å². The summed E-state index contributed by atoms with van der Waals surface area (Å²) < 4.78 is 0. The lowest BCUT2D eigenvalue weighted by Crippen LogP contribution is -2.55. The van der Waals surface area contributed by atoms with Crippen LogP contribution in [0.2, 0.25) is 0 Å². The summed E-state index contributed by atoms with van der Waals surface area (Å²) in [5.74, 6) is -1.26. The quantitative estimate of drug-likeness (QED) is 0.744. The number of carbonyl (C=O) groups excluding carboxylic acids is 2. The number of carbonyl (C=O) groups is 3. The van der Waals surface area contributed by atoms with Gasteiger partial charge in [0.2, 0.25) is 11.8 Å². The Labute approximate surface area is 145 Å².